The van der Waals surface area contributed by atoms with Gasteiger partial charge in [-0.15, -0.1) is 0 Å². The molecule has 1 aliphatic heterocycles. The Morgan fingerprint density at radius 2 is 1.67 bits per heavy atom. The normalized spacial score (nSPS) is 13.9. The number of rotatable bonds is 1. The van der Waals surface area contributed by atoms with Crippen molar-refractivity contribution in [3.63, 3.8) is 0 Å². The highest BCUT2D eigenvalue weighted by Gasteiger charge is 2.25. The molecule has 0 unspecified atom stereocenters. The van der Waals surface area contributed by atoms with Gasteiger partial charge >= 0.3 is 0 Å². The van der Waals surface area contributed by atoms with Crippen molar-refractivity contribution in [2.75, 3.05) is 10.2 Å². The van der Waals surface area contributed by atoms with Gasteiger partial charge in [-0.05, 0) is 17.7 Å². The van der Waals surface area contributed by atoms with Gasteiger partial charge in [-0.25, -0.2) is 0 Å². The molecule has 0 aliphatic carbocycles. The van der Waals surface area contributed by atoms with Gasteiger partial charge in [-0.1, -0.05) is 42.5 Å². The highest BCUT2D eigenvalue weighted by Crippen LogP contribution is 2.34. The van der Waals surface area contributed by atoms with Crippen LogP contribution < -0.4 is 10.2 Å². The van der Waals surface area contributed by atoms with E-state index in [9.17, 15) is 9.59 Å². The molecule has 0 aromatic heterocycles. The highest BCUT2D eigenvalue weighted by molar-refractivity contribution is 6.17. The Kier molecular flexibility index (Phi) is 3.28. The first kappa shape index (κ1) is 13.1. The smallest absolute Gasteiger partial charge is 0.250 e. The Labute approximate surface area is 122 Å². The maximum absolute atomic E-state index is 12.2. The summed E-state index contributed by atoms with van der Waals surface area (Å²) in [6.45, 7) is 1.49. The topological polar surface area (TPSA) is 49.4 Å². The lowest BCUT2D eigenvalue weighted by atomic mass is 10.1. The Bertz CT molecular complexity index is 735. The van der Waals surface area contributed by atoms with E-state index in [0.717, 1.165) is 5.56 Å². The molecule has 104 valence electrons. The van der Waals surface area contributed by atoms with Crippen molar-refractivity contribution in [1.82, 2.24) is 0 Å². The number of carbonyl (C=O) groups is 2. The van der Waals surface area contributed by atoms with E-state index in [1.165, 1.54) is 13.0 Å². The van der Waals surface area contributed by atoms with Gasteiger partial charge in [0, 0.05) is 13.0 Å². The molecule has 1 aliphatic rings. The van der Waals surface area contributed by atoms with Crippen LogP contribution in [0.4, 0.5) is 11.4 Å². The third-order valence-electron chi connectivity index (χ3n) is 3.30. The van der Waals surface area contributed by atoms with E-state index in [-0.39, 0.29) is 11.8 Å². The summed E-state index contributed by atoms with van der Waals surface area (Å²) in [5.41, 5.74) is 2.69. The first-order valence-corrected chi connectivity index (χ1v) is 6.64. The summed E-state index contributed by atoms with van der Waals surface area (Å²) in [6, 6.07) is 16.7. The largest absolute Gasteiger partial charge is 0.321 e. The monoisotopic (exact) mass is 278 g/mol. The average molecular weight is 278 g/mol. The molecule has 0 saturated carbocycles. The van der Waals surface area contributed by atoms with Crippen molar-refractivity contribution in [3.05, 3.63) is 66.2 Å². The highest BCUT2D eigenvalue weighted by atomic mass is 16.2. The van der Waals surface area contributed by atoms with E-state index in [0.29, 0.717) is 17.1 Å². The molecule has 2 aromatic carbocycles. The zero-order valence-electron chi connectivity index (χ0n) is 11.5. The number of nitrogens with zero attached hydrogens (tertiary/aromatic N) is 1. The first-order chi connectivity index (χ1) is 10.2. The molecule has 1 heterocycles. The average Bonchev–Trinajstić information content (AvgIpc) is 2.63. The molecule has 1 N–H and O–H groups in total. The molecular formula is C17H14N2O2. The number of amides is 2. The summed E-state index contributed by atoms with van der Waals surface area (Å²) >= 11 is 0. The van der Waals surface area contributed by atoms with Crippen molar-refractivity contribution in [3.8, 4) is 0 Å². The van der Waals surface area contributed by atoms with Crippen molar-refractivity contribution >= 4 is 28.9 Å². The van der Waals surface area contributed by atoms with Gasteiger partial charge in [0.25, 0.3) is 5.91 Å². The van der Waals surface area contributed by atoms with Gasteiger partial charge in [0.1, 0.15) is 0 Å². The molecular weight excluding hydrogens is 264 g/mol. The quantitative estimate of drug-likeness (QED) is 0.871. The van der Waals surface area contributed by atoms with E-state index >= 15 is 0 Å². The minimum Gasteiger partial charge on any atom is -0.321 e. The number of hydrogen-bond acceptors (Lipinski definition) is 2. The first-order valence-electron chi connectivity index (χ1n) is 6.64. The van der Waals surface area contributed by atoms with Crippen LogP contribution in [-0.4, -0.2) is 11.8 Å². The fourth-order valence-electron chi connectivity index (χ4n) is 2.42. The van der Waals surface area contributed by atoms with Gasteiger partial charge in [0.2, 0.25) is 5.91 Å². The molecule has 0 saturated heterocycles. The molecule has 0 radical (unpaired) electrons. The van der Waals surface area contributed by atoms with Crippen LogP contribution >= 0.6 is 0 Å². The van der Waals surface area contributed by atoms with Crippen LogP contribution in [0.25, 0.3) is 5.70 Å². The van der Waals surface area contributed by atoms with Crippen LogP contribution in [-0.2, 0) is 9.59 Å². The molecule has 4 heteroatoms. The molecule has 0 atom stereocenters. The van der Waals surface area contributed by atoms with E-state index in [2.05, 4.69) is 5.32 Å². The number of nitrogens with one attached hydrogen (secondary N) is 1. The third-order valence-corrected chi connectivity index (χ3v) is 3.30. The maximum atomic E-state index is 12.2. The molecule has 0 fully saturated rings. The molecule has 2 amide bonds. The van der Waals surface area contributed by atoms with Crippen LogP contribution in [0.1, 0.15) is 12.5 Å². The van der Waals surface area contributed by atoms with E-state index in [1.807, 2.05) is 48.5 Å². The van der Waals surface area contributed by atoms with Crippen molar-refractivity contribution in [2.24, 2.45) is 0 Å². The van der Waals surface area contributed by atoms with Crippen LogP contribution in [0.15, 0.2) is 60.7 Å². The zero-order valence-corrected chi connectivity index (χ0v) is 11.5. The molecule has 0 spiro atoms. The molecule has 4 nitrogen and oxygen atoms in total. The van der Waals surface area contributed by atoms with Crippen LogP contribution in [0.3, 0.4) is 0 Å². The maximum Gasteiger partial charge on any atom is 0.250 e. The third kappa shape index (κ3) is 2.43. The molecule has 3 rings (SSSR count). The van der Waals surface area contributed by atoms with Gasteiger partial charge in [0.05, 0.1) is 17.1 Å². The molecule has 2 aromatic rings. The fraction of sp³-hybridized carbons (Fsp3) is 0.0588. The molecule has 21 heavy (non-hydrogen) atoms. The summed E-state index contributed by atoms with van der Waals surface area (Å²) in [5.74, 6) is -0.390. The summed E-state index contributed by atoms with van der Waals surface area (Å²) < 4.78 is 0. The summed E-state index contributed by atoms with van der Waals surface area (Å²) in [6.07, 6.45) is 1.46. The van der Waals surface area contributed by atoms with Crippen molar-refractivity contribution in [1.29, 1.82) is 0 Å². The van der Waals surface area contributed by atoms with Crippen LogP contribution in [0, 0.1) is 0 Å². The lowest BCUT2D eigenvalue weighted by molar-refractivity contribution is -0.115. The lowest BCUT2D eigenvalue weighted by Gasteiger charge is -2.24. The number of para-hydroxylation sites is 2. The predicted molar refractivity (Wildman–Crippen MR) is 82.7 cm³/mol. The Balaban J connectivity index is 2.22. The summed E-state index contributed by atoms with van der Waals surface area (Å²) in [5, 5.41) is 2.80. The fourth-order valence-corrected chi connectivity index (χ4v) is 2.42. The second kappa shape index (κ2) is 5.25. The number of benzene rings is 2. The zero-order chi connectivity index (χ0) is 14.8. The van der Waals surface area contributed by atoms with Gasteiger partial charge in [0.15, 0.2) is 0 Å². The van der Waals surface area contributed by atoms with Crippen molar-refractivity contribution < 1.29 is 9.59 Å². The van der Waals surface area contributed by atoms with Crippen LogP contribution in [0.2, 0.25) is 0 Å². The predicted octanol–water partition coefficient (Wildman–Crippen LogP) is 3.03. The Hall–Kier alpha value is -2.88. The number of fused-ring (bicyclic) bond motifs is 1. The van der Waals surface area contributed by atoms with E-state index in [1.54, 1.807) is 11.0 Å². The van der Waals surface area contributed by atoms with Gasteiger partial charge in [-0.2, -0.15) is 0 Å². The Morgan fingerprint density at radius 1 is 1.00 bits per heavy atom. The SMILES string of the molecule is CC(=O)N1C(c2ccccc2)=CC(=O)Nc2ccccc21. The number of hydrogen-bond donors (Lipinski definition) is 1. The lowest BCUT2D eigenvalue weighted by Crippen LogP contribution is -2.26. The van der Waals surface area contributed by atoms with E-state index < -0.39 is 0 Å². The number of carbonyl (C=O) groups excluding carboxylic acids is 2. The minimum atomic E-state index is -0.245. The van der Waals surface area contributed by atoms with Crippen molar-refractivity contribution in [2.45, 2.75) is 6.92 Å². The standard InChI is InChI=1S/C17H14N2O2/c1-12(20)19-15-10-6-5-9-14(15)18-17(21)11-16(19)13-7-3-2-4-8-13/h2-11H,1H3,(H,18,21). The van der Waals surface area contributed by atoms with Gasteiger partial charge in [-0.3, -0.25) is 14.5 Å². The van der Waals surface area contributed by atoms with Gasteiger partial charge < -0.3 is 5.32 Å². The summed E-state index contributed by atoms with van der Waals surface area (Å²) in [7, 11) is 0. The Morgan fingerprint density at radius 3 is 2.38 bits per heavy atom. The van der Waals surface area contributed by atoms with Crippen LogP contribution in [0.5, 0.6) is 0 Å². The molecule has 0 bridgehead atoms. The second-order valence-corrected chi connectivity index (χ2v) is 4.76. The second-order valence-electron chi connectivity index (χ2n) is 4.76. The van der Waals surface area contributed by atoms with E-state index in [4.69, 9.17) is 0 Å². The number of anilines is 2. The minimum absolute atomic E-state index is 0.144. The summed E-state index contributed by atoms with van der Waals surface area (Å²) in [4.78, 5) is 25.8.